The topological polar surface area (TPSA) is 26.3 Å². The maximum Gasteiger partial charge on any atom is 1.00 e. The molecule has 0 radical (unpaired) electrons. The van der Waals surface area contributed by atoms with E-state index in [1.54, 1.807) is 0 Å². The van der Waals surface area contributed by atoms with Gasteiger partial charge < -0.3 is 4.74 Å². The zero-order chi connectivity index (χ0) is 6.78. The summed E-state index contributed by atoms with van der Waals surface area (Å²) in [6.07, 6.45) is 0. The van der Waals surface area contributed by atoms with Crippen molar-refractivity contribution in [2.45, 2.75) is 33.3 Å². The summed E-state index contributed by atoms with van der Waals surface area (Å²) < 4.78 is 4.80. The molecule has 0 aromatic carbocycles. The number of carbonyl (C=O) groups excluding carboxylic acids is 1. The van der Waals surface area contributed by atoms with Gasteiger partial charge in [0.2, 0.25) is 0 Å². The molecule has 0 aromatic heterocycles. The Labute approximate surface area is 51.3 Å². The third-order valence-corrected chi connectivity index (χ3v) is 0.450. The first kappa shape index (κ1) is 7.47. The number of rotatable bonds is 0. The standard InChI is InChI=1S/C6H12O2/c1-5(7)8-6(2,3)4/h1-4H3/p+1. The van der Waals surface area contributed by atoms with Crippen LogP contribution in [0.15, 0.2) is 0 Å². The fourth-order valence-electron chi connectivity index (χ4n) is 0.431. The first-order valence-electron chi connectivity index (χ1n) is 2.61. The van der Waals surface area contributed by atoms with Crippen LogP contribution in [0.2, 0.25) is 0 Å². The molecule has 0 saturated carbocycles. The van der Waals surface area contributed by atoms with E-state index in [0.717, 1.165) is 0 Å². The van der Waals surface area contributed by atoms with Gasteiger partial charge in [0, 0.05) is 6.92 Å². The third-order valence-electron chi connectivity index (χ3n) is 0.450. The Morgan fingerprint density at radius 2 is 1.88 bits per heavy atom. The first-order valence-corrected chi connectivity index (χ1v) is 2.61. The maximum absolute atomic E-state index is 10.2. The number of hydrogen-bond acceptors (Lipinski definition) is 2. The zero-order valence-corrected chi connectivity index (χ0v) is 5.82. The van der Waals surface area contributed by atoms with Gasteiger partial charge in [-0.05, 0) is 20.8 Å². The molecule has 8 heavy (non-hydrogen) atoms. The van der Waals surface area contributed by atoms with Crippen LogP contribution in [0.5, 0.6) is 0 Å². The van der Waals surface area contributed by atoms with Crippen LogP contribution >= 0.6 is 0 Å². The number of ether oxygens (including phenoxy) is 1. The molecule has 48 valence electrons. The predicted octanol–water partition coefficient (Wildman–Crippen LogP) is 1.46. The molecular weight excluding hydrogens is 104 g/mol. The van der Waals surface area contributed by atoms with E-state index >= 15 is 0 Å². The van der Waals surface area contributed by atoms with E-state index < -0.39 is 0 Å². The second kappa shape index (κ2) is 2.16. The second-order valence-electron chi connectivity index (χ2n) is 2.71. The van der Waals surface area contributed by atoms with Crippen molar-refractivity contribution in [3.05, 3.63) is 0 Å². The van der Waals surface area contributed by atoms with E-state index in [2.05, 4.69) is 0 Å². The average molecular weight is 117 g/mol. The smallest absolute Gasteiger partial charge is 0.460 e. The van der Waals surface area contributed by atoms with Crippen molar-refractivity contribution in [3.8, 4) is 0 Å². The maximum atomic E-state index is 10.2. The Kier molecular flexibility index (Phi) is 2.02. The fourth-order valence-corrected chi connectivity index (χ4v) is 0.431. The van der Waals surface area contributed by atoms with Crippen LogP contribution in [0.1, 0.15) is 29.1 Å². The number of hydrogen-bond donors (Lipinski definition) is 0. The van der Waals surface area contributed by atoms with Crippen molar-refractivity contribution in [1.29, 1.82) is 0 Å². The lowest BCUT2D eigenvalue weighted by molar-refractivity contribution is -0.151. The summed E-state index contributed by atoms with van der Waals surface area (Å²) in [6, 6.07) is 0. The SMILES string of the molecule is CC(=O)OC(C)(C)C.[H+]. The van der Waals surface area contributed by atoms with Gasteiger partial charge in [0.15, 0.2) is 0 Å². The summed E-state index contributed by atoms with van der Waals surface area (Å²) in [6.45, 7) is 6.93. The minimum Gasteiger partial charge on any atom is -0.460 e. The van der Waals surface area contributed by atoms with Crippen molar-refractivity contribution in [2.24, 2.45) is 0 Å². The van der Waals surface area contributed by atoms with Gasteiger partial charge in [-0.25, -0.2) is 0 Å². The molecule has 0 spiro atoms. The van der Waals surface area contributed by atoms with Crippen LogP contribution in [-0.4, -0.2) is 11.6 Å². The lowest BCUT2D eigenvalue weighted by Gasteiger charge is -2.17. The molecule has 0 aliphatic heterocycles. The molecule has 0 atom stereocenters. The van der Waals surface area contributed by atoms with Gasteiger partial charge in [-0.2, -0.15) is 0 Å². The van der Waals surface area contributed by atoms with Gasteiger partial charge in [-0.3, -0.25) is 4.79 Å². The van der Waals surface area contributed by atoms with E-state index in [4.69, 9.17) is 4.74 Å². The fraction of sp³-hybridized carbons (Fsp3) is 0.833. The molecule has 0 N–H and O–H groups in total. The molecule has 0 heterocycles. The highest BCUT2D eigenvalue weighted by molar-refractivity contribution is 5.66. The Balaban J connectivity index is 0. The van der Waals surface area contributed by atoms with Crippen LogP contribution in [0.4, 0.5) is 0 Å². The summed E-state index contributed by atoms with van der Waals surface area (Å²) >= 11 is 0. The van der Waals surface area contributed by atoms with Gasteiger partial charge in [0.25, 0.3) is 0 Å². The average Bonchev–Trinajstić information content (AvgIpc) is 1.21. The molecule has 0 rings (SSSR count). The minimum absolute atomic E-state index is 0. The van der Waals surface area contributed by atoms with Crippen molar-refractivity contribution < 1.29 is 11.0 Å². The zero-order valence-electron chi connectivity index (χ0n) is 6.82. The molecular formula is C6H13O2+. The van der Waals surface area contributed by atoms with Crippen LogP contribution < -0.4 is 0 Å². The van der Waals surface area contributed by atoms with Gasteiger partial charge >= 0.3 is 7.40 Å². The second-order valence-corrected chi connectivity index (χ2v) is 2.71. The van der Waals surface area contributed by atoms with E-state index in [9.17, 15) is 4.79 Å². The highest BCUT2D eigenvalue weighted by atomic mass is 16.6. The highest BCUT2D eigenvalue weighted by Crippen LogP contribution is 2.05. The minimum atomic E-state index is -0.328. The van der Waals surface area contributed by atoms with Crippen LogP contribution in [-0.2, 0) is 9.53 Å². The largest absolute Gasteiger partial charge is 1.00 e. The lowest BCUT2D eigenvalue weighted by atomic mass is 10.2. The molecule has 0 amide bonds. The summed E-state index contributed by atoms with van der Waals surface area (Å²) in [4.78, 5) is 10.2. The van der Waals surface area contributed by atoms with Gasteiger partial charge in [0.05, 0.1) is 0 Å². The first-order chi connectivity index (χ1) is 3.42. The molecule has 0 aliphatic rings. The monoisotopic (exact) mass is 117 g/mol. The van der Waals surface area contributed by atoms with E-state index in [-0.39, 0.29) is 13.0 Å². The number of esters is 1. The van der Waals surface area contributed by atoms with E-state index in [1.807, 2.05) is 20.8 Å². The molecule has 0 aliphatic carbocycles. The molecule has 0 unspecified atom stereocenters. The molecule has 0 saturated heterocycles. The van der Waals surface area contributed by atoms with Gasteiger partial charge in [0.1, 0.15) is 5.60 Å². The van der Waals surface area contributed by atoms with Crippen molar-refractivity contribution >= 4 is 5.97 Å². The molecule has 0 aromatic rings. The molecule has 2 nitrogen and oxygen atoms in total. The Morgan fingerprint density at radius 3 is 1.88 bits per heavy atom. The van der Waals surface area contributed by atoms with Crippen LogP contribution in [0, 0.1) is 0 Å². The van der Waals surface area contributed by atoms with Crippen molar-refractivity contribution in [3.63, 3.8) is 0 Å². The van der Waals surface area contributed by atoms with Crippen LogP contribution in [0.25, 0.3) is 0 Å². The highest BCUT2D eigenvalue weighted by Gasteiger charge is 2.11. The molecule has 0 bridgehead atoms. The van der Waals surface area contributed by atoms with Crippen molar-refractivity contribution in [1.82, 2.24) is 0 Å². The third kappa shape index (κ3) is 5.47. The van der Waals surface area contributed by atoms with Crippen LogP contribution in [0.3, 0.4) is 0 Å². The van der Waals surface area contributed by atoms with Crippen molar-refractivity contribution in [2.75, 3.05) is 0 Å². The molecule has 0 fully saturated rings. The summed E-state index contributed by atoms with van der Waals surface area (Å²) in [7, 11) is 0. The molecule has 2 heteroatoms. The normalized spacial score (nSPS) is 11.0. The summed E-state index contributed by atoms with van der Waals surface area (Å²) in [5, 5.41) is 0. The summed E-state index contributed by atoms with van der Waals surface area (Å²) in [5.74, 6) is -0.225. The predicted molar refractivity (Wildman–Crippen MR) is 32.6 cm³/mol. The number of carbonyl (C=O) groups is 1. The quantitative estimate of drug-likeness (QED) is 0.449. The Hall–Kier alpha value is -0.530. The Bertz CT molecular complexity index is 93.7. The van der Waals surface area contributed by atoms with Gasteiger partial charge in [-0.1, -0.05) is 0 Å². The van der Waals surface area contributed by atoms with E-state index in [1.165, 1.54) is 6.92 Å². The summed E-state index contributed by atoms with van der Waals surface area (Å²) in [5.41, 5.74) is -0.328. The van der Waals surface area contributed by atoms with E-state index in [0.29, 0.717) is 0 Å². The Morgan fingerprint density at radius 1 is 1.50 bits per heavy atom. The van der Waals surface area contributed by atoms with Gasteiger partial charge in [-0.15, -0.1) is 0 Å². The lowest BCUT2D eigenvalue weighted by Crippen LogP contribution is -2.21.